The topological polar surface area (TPSA) is 70.8 Å². The van der Waals surface area contributed by atoms with Crippen molar-refractivity contribution in [3.8, 4) is 0 Å². The predicted molar refractivity (Wildman–Crippen MR) is 78.8 cm³/mol. The van der Waals surface area contributed by atoms with Crippen LogP contribution < -0.4 is 0 Å². The highest BCUT2D eigenvalue weighted by atomic mass is 16.5. The van der Waals surface area contributed by atoms with Crippen LogP contribution in [0.3, 0.4) is 0 Å². The molecule has 0 aliphatic carbocycles. The average Bonchev–Trinajstić information content (AvgIpc) is 3.20. The monoisotopic (exact) mass is 289 g/mol. The molecule has 0 saturated carbocycles. The lowest BCUT2D eigenvalue weighted by atomic mass is 10.1. The maximum atomic E-state index is 5.35. The summed E-state index contributed by atoms with van der Waals surface area (Å²) in [7, 11) is 0. The van der Waals surface area contributed by atoms with Crippen LogP contribution in [0.2, 0.25) is 0 Å². The zero-order valence-corrected chi connectivity index (χ0v) is 12.7. The van der Waals surface area contributed by atoms with Crippen LogP contribution in [-0.2, 0) is 6.42 Å². The van der Waals surface area contributed by atoms with E-state index in [9.17, 15) is 0 Å². The molecular weight excluding hydrogens is 266 g/mol. The summed E-state index contributed by atoms with van der Waals surface area (Å²) in [6.07, 6.45) is 8.39. The second kappa shape index (κ2) is 6.39. The maximum absolute atomic E-state index is 5.35. The van der Waals surface area contributed by atoms with E-state index in [0.717, 1.165) is 44.1 Å². The lowest BCUT2D eigenvalue weighted by molar-refractivity contribution is 0.239. The average molecular weight is 289 g/mol. The van der Waals surface area contributed by atoms with Crippen molar-refractivity contribution in [2.75, 3.05) is 13.1 Å². The van der Waals surface area contributed by atoms with Crippen LogP contribution >= 0.6 is 0 Å². The highest BCUT2D eigenvalue weighted by Crippen LogP contribution is 2.30. The van der Waals surface area contributed by atoms with Crippen LogP contribution in [0.5, 0.6) is 0 Å². The fraction of sp³-hybridized carbons (Fsp3) is 0.667. The van der Waals surface area contributed by atoms with Crippen molar-refractivity contribution in [1.82, 2.24) is 25.2 Å². The van der Waals surface area contributed by atoms with Gasteiger partial charge in [-0.15, -0.1) is 0 Å². The van der Waals surface area contributed by atoms with Gasteiger partial charge in [0.15, 0.2) is 5.82 Å². The molecule has 1 unspecified atom stereocenters. The number of likely N-dealkylation sites (tertiary alicyclic amines) is 1. The molecule has 114 valence electrons. The highest BCUT2D eigenvalue weighted by molar-refractivity contribution is 5.03. The summed E-state index contributed by atoms with van der Waals surface area (Å²) in [5.74, 6) is 1.90. The van der Waals surface area contributed by atoms with Crippen LogP contribution in [0.25, 0.3) is 0 Å². The summed E-state index contributed by atoms with van der Waals surface area (Å²) in [4.78, 5) is 7.05. The number of aromatic nitrogens is 4. The molecule has 1 aliphatic rings. The Hall–Kier alpha value is -1.69. The molecule has 0 bridgehead atoms. The number of hydrogen-bond acceptors (Lipinski definition) is 5. The molecule has 3 heterocycles. The third-order valence-electron chi connectivity index (χ3n) is 4.08. The first-order valence-electron chi connectivity index (χ1n) is 7.79. The molecule has 0 radical (unpaired) electrons. The molecule has 0 spiro atoms. The van der Waals surface area contributed by atoms with Gasteiger partial charge < -0.3 is 4.52 Å². The fourth-order valence-electron chi connectivity index (χ4n) is 2.90. The van der Waals surface area contributed by atoms with Crippen LogP contribution in [0.15, 0.2) is 16.9 Å². The van der Waals surface area contributed by atoms with E-state index in [1.165, 1.54) is 12.0 Å². The zero-order valence-electron chi connectivity index (χ0n) is 12.7. The normalized spacial score (nSPS) is 19.7. The minimum atomic E-state index is 0.294. The number of hydrogen-bond donors (Lipinski definition) is 1. The number of rotatable bonds is 6. The second-order valence-electron chi connectivity index (χ2n) is 6.05. The van der Waals surface area contributed by atoms with Crippen molar-refractivity contribution >= 4 is 0 Å². The van der Waals surface area contributed by atoms with Gasteiger partial charge in [0.2, 0.25) is 5.89 Å². The first kappa shape index (κ1) is 14.3. The van der Waals surface area contributed by atoms with Crippen molar-refractivity contribution < 1.29 is 4.52 Å². The smallest absolute Gasteiger partial charge is 0.229 e. The van der Waals surface area contributed by atoms with E-state index in [2.05, 4.69) is 39.1 Å². The van der Waals surface area contributed by atoms with Gasteiger partial charge in [-0.2, -0.15) is 10.1 Å². The summed E-state index contributed by atoms with van der Waals surface area (Å²) in [5.41, 5.74) is 1.27. The zero-order chi connectivity index (χ0) is 14.7. The summed E-state index contributed by atoms with van der Waals surface area (Å²) in [6, 6.07) is 0.325. The first-order chi connectivity index (χ1) is 10.2. The van der Waals surface area contributed by atoms with Gasteiger partial charge in [-0.1, -0.05) is 19.0 Å². The molecule has 1 fully saturated rings. The summed E-state index contributed by atoms with van der Waals surface area (Å²) in [5, 5.41) is 11.0. The Morgan fingerprint density at radius 2 is 2.38 bits per heavy atom. The Morgan fingerprint density at radius 1 is 1.48 bits per heavy atom. The quantitative estimate of drug-likeness (QED) is 0.885. The summed E-state index contributed by atoms with van der Waals surface area (Å²) in [6.45, 7) is 6.35. The van der Waals surface area contributed by atoms with E-state index < -0.39 is 0 Å². The van der Waals surface area contributed by atoms with Crippen molar-refractivity contribution in [2.24, 2.45) is 0 Å². The summed E-state index contributed by atoms with van der Waals surface area (Å²) >= 11 is 0. The molecule has 0 amide bonds. The molecule has 1 atom stereocenters. The highest BCUT2D eigenvalue weighted by Gasteiger charge is 2.29. The van der Waals surface area contributed by atoms with Crippen LogP contribution in [0.1, 0.15) is 62.3 Å². The Kier molecular flexibility index (Phi) is 4.34. The predicted octanol–water partition coefficient (Wildman–Crippen LogP) is 2.69. The number of nitrogens with one attached hydrogen (secondary N) is 1. The van der Waals surface area contributed by atoms with Gasteiger partial charge in [-0.05, 0) is 44.3 Å². The van der Waals surface area contributed by atoms with Gasteiger partial charge in [0.25, 0.3) is 0 Å². The van der Waals surface area contributed by atoms with Gasteiger partial charge in [-0.3, -0.25) is 10.00 Å². The molecule has 1 aliphatic heterocycles. The van der Waals surface area contributed by atoms with E-state index >= 15 is 0 Å². The standard InChI is InChI=1S/C15H23N5O/c1-11(2)15-18-14(19-21-15)13-6-4-8-20(13)7-3-5-12-9-16-17-10-12/h9-11,13H,3-8H2,1-2H3,(H,16,17). The Bertz CT molecular complexity index is 548. The van der Waals surface area contributed by atoms with Crippen molar-refractivity contribution in [3.63, 3.8) is 0 Å². The Balaban J connectivity index is 1.56. The summed E-state index contributed by atoms with van der Waals surface area (Å²) < 4.78 is 5.35. The maximum Gasteiger partial charge on any atom is 0.229 e. The van der Waals surface area contributed by atoms with E-state index in [4.69, 9.17) is 4.52 Å². The molecule has 1 saturated heterocycles. The SMILES string of the molecule is CC(C)c1nc(C2CCCN2CCCc2cn[nH]c2)no1. The minimum Gasteiger partial charge on any atom is -0.339 e. The Labute approximate surface area is 124 Å². The van der Waals surface area contributed by atoms with Gasteiger partial charge in [0.05, 0.1) is 12.2 Å². The third-order valence-corrected chi connectivity index (χ3v) is 4.08. The van der Waals surface area contributed by atoms with E-state index in [1.54, 1.807) is 0 Å². The van der Waals surface area contributed by atoms with Crippen molar-refractivity contribution in [2.45, 2.75) is 51.5 Å². The molecule has 2 aromatic rings. The molecular formula is C15H23N5O. The molecule has 2 aromatic heterocycles. The second-order valence-corrected chi connectivity index (χ2v) is 6.05. The van der Waals surface area contributed by atoms with E-state index in [-0.39, 0.29) is 0 Å². The molecule has 0 aromatic carbocycles. The lowest BCUT2D eigenvalue weighted by Crippen LogP contribution is -2.25. The van der Waals surface area contributed by atoms with Gasteiger partial charge in [0.1, 0.15) is 0 Å². The molecule has 3 rings (SSSR count). The number of nitrogens with zero attached hydrogens (tertiary/aromatic N) is 4. The van der Waals surface area contributed by atoms with Crippen LogP contribution in [0, 0.1) is 0 Å². The van der Waals surface area contributed by atoms with Crippen molar-refractivity contribution in [1.29, 1.82) is 0 Å². The number of aromatic amines is 1. The fourth-order valence-corrected chi connectivity index (χ4v) is 2.90. The largest absolute Gasteiger partial charge is 0.339 e. The Morgan fingerprint density at radius 3 is 3.10 bits per heavy atom. The van der Waals surface area contributed by atoms with Crippen LogP contribution in [0.4, 0.5) is 0 Å². The van der Waals surface area contributed by atoms with E-state index in [0.29, 0.717) is 12.0 Å². The first-order valence-corrected chi connectivity index (χ1v) is 7.79. The van der Waals surface area contributed by atoms with Crippen molar-refractivity contribution in [3.05, 3.63) is 29.7 Å². The molecule has 1 N–H and O–H groups in total. The minimum absolute atomic E-state index is 0.294. The lowest BCUT2D eigenvalue weighted by Gasteiger charge is -2.21. The van der Waals surface area contributed by atoms with Crippen LogP contribution in [-0.4, -0.2) is 38.3 Å². The third kappa shape index (κ3) is 3.32. The van der Waals surface area contributed by atoms with Gasteiger partial charge in [0, 0.05) is 12.1 Å². The number of aryl methyl sites for hydroxylation is 1. The van der Waals surface area contributed by atoms with E-state index in [1.807, 2.05) is 12.4 Å². The molecule has 6 nitrogen and oxygen atoms in total. The molecule has 6 heteroatoms. The van der Waals surface area contributed by atoms with Gasteiger partial charge >= 0.3 is 0 Å². The molecule has 21 heavy (non-hydrogen) atoms. The number of H-pyrrole nitrogens is 1. The van der Waals surface area contributed by atoms with Gasteiger partial charge in [-0.25, -0.2) is 0 Å².